The van der Waals surface area contributed by atoms with E-state index in [-0.39, 0.29) is 17.2 Å². The molecule has 1 saturated carbocycles. The molecule has 1 saturated heterocycles. The van der Waals surface area contributed by atoms with Crippen molar-refractivity contribution in [3.63, 3.8) is 0 Å². The SMILES string of the molecule is CC1(C)CCC2(CC1)N([C@H](c1ccccc1)C(O)c1ccccc1)C[C@H](c1cccc(Cl)c1)[C@]21C(=O)Nc2nc(Cl)ccc21. The van der Waals surface area contributed by atoms with Crippen molar-refractivity contribution in [1.29, 1.82) is 0 Å². The lowest BCUT2D eigenvalue weighted by Gasteiger charge is -2.55. The smallest absolute Gasteiger partial charge is 0.238 e. The van der Waals surface area contributed by atoms with Gasteiger partial charge in [0, 0.05) is 28.6 Å². The van der Waals surface area contributed by atoms with Crippen molar-refractivity contribution in [3.8, 4) is 0 Å². The Labute approximate surface area is 269 Å². The number of aromatic nitrogens is 1. The van der Waals surface area contributed by atoms with Crippen LogP contribution in [0.4, 0.5) is 5.82 Å². The molecule has 2 aliphatic heterocycles. The second kappa shape index (κ2) is 11.0. The lowest BCUT2D eigenvalue weighted by Crippen LogP contribution is -2.63. The topological polar surface area (TPSA) is 65.5 Å². The van der Waals surface area contributed by atoms with E-state index in [1.807, 2.05) is 72.8 Å². The summed E-state index contributed by atoms with van der Waals surface area (Å²) in [4.78, 5) is 22.0. The summed E-state index contributed by atoms with van der Waals surface area (Å²) in [6.45, 7) is 5.19. The molecular weight excluding hydrogens is 589 g/mol. The lowest BCUT2D eigenvalue weighted by atomic mass is 9.53. The zero-order chi connectivity index (χ0) is 30.7. The average molecular weight is 627 g/mol. The number of fused-ring (bicyclic) bond motifs is 3. The first kappa shape index (κ1) is 29.5. The van der Waals surface area contributed by atoms with Gasteiger partial charge in [0.1, 0.15) is 16.4 Å². The number of rotatable bonds is 5. The quantitative estimate of drug-likeness (QED) is 0.218. The molecule has 0 radical (unpaired) electrons. The molecule has 226 valence electrons. The first-order valence-corrected chi connectivity index (χ1v) is 16.2. The number of carbonyl (C=O) groups is 1. The van der Waals surface area contributed by atoms with Crippen LogP contribution in [-0.2, 0) is 10.2 Å². The zero-order valence-corrected chi connectivity index (χ0v) is 26.5. The van der Waals surface area contributed by atoms with E-state index in [4.69, 9.17) is 23.2 Å². The predicted molar refractivity (Wildman–Crippen MR) is 176 cm³/mol. The minimum Gasteiger partial charge on any atom is -0.386 e. The van der Waals surface area contributed by atoms with Crippen LogP contribution in [0.2, 0.25) is 10.2 Å². The normalized spacial score (nSPS) is 25.1. The minimum atomic E-state index is -0.982. The van der Waals surface area contributed by atoms with Crippen LogP contribution in [0, 0.1) is 5.41 Å². The van der Waals surface area contributed by atoms with E-state index in [1.54, 1.807) is 6.07 Å². The fourth-order valence-electron chi connectivity index (χ4n) is 8.54. The van der Waals surface area contributed by atoms with Gasteiger partial charge >= 0.3 is 0 Å². The largest absolute Gasteiger partial charge is 0.386 e. The van der Waals surface area contributed by atoms with Gasteiger partial charge in [-0.2, -0.15) is 0 Å². The number of carbonyl (C=O) groups excluding carboxylic acids is 1. The maximum absolute atomic E-state index is 14.9. The van der Waals surface area contributed by atoms with Crippen LogP contribution < -0.4 is 5.32 Å². The van der Waals surface area contributed by atoms with Crippen LogP contribution in [0.25, 0.3) is 0 Å². The number of aliphatic hydroxyl groups excluding tert-OH is 1. The lowest BCUT2D eigenvalue weighted by molar-refractivity contribution is -0.129. The highest BCUT2D eigenvalue weighted by Crippen LogP contribution is 2.67. The molecule has 0 bridgehead atoms. The number of pyridine rings is 1. The minimum absolute atomic E-state index is 0.0598. The van der Waals surface area contributed by atoms with Crippen molar-refractivity contribution < 1.29 is 9.90 Å². The molecule has 3 aromatic carbocycles. The second-order valence-electron chi connectivity index (χ2n) is 13.5. The van der Waals surface area contributed by atoms with Crippen molar-refractivity contribution >= 4 is 34.9 Å². The summed E-state index contributed by atoms with van der Waals surface area (Å²) in [7, 11) is 0. The van der Waals surface area contributed by atoms with Crippen molar-refractivity contribution in [3.05, 3.63) is 129 Å². The Morgan fingerprint density at radius 3 is 2.18 bits per heavy atom. The fraction of sp³-hybridized carbons (Fsp3) is 0.351. The number of benzene rings is 3. The number of hydrogen-bond donors (Lipinski definition) is 2. The molecule has 1 aromatic heterocycles. The van der Waals surface area contributed by atoms with E-state index in [9.17, 15) is 9.90 Å². The summed E-state index contributed by atoms with van der Waals surface area (Å²) in [6, 6.07) is 31.4. The number of amides is 1. The molecule has 1 unspecified atom stereocenters. The van der Waals surface area contributed by atoms with Gasteiger partial charge in [0.2, 0.25) is 5.91 Å². The zero-order valence-electron chi connectivity index (χ0n) is 25.0. The third-order valence-corrected chi connectivity index (χ3v) is 11.1. The number of anilines is 1. The second-order valence-corrected chi connectivity index (χ2v) is 14.3. The fourth-order valence-corrected chi connectivity index (χ4v) is 8.89. The highest BCUT2D eigenvalue weighted by Gasteiger charge is 2.73. The molecule has 3 aliphatic rings. The molecule has 1 aliphatic carbocycles. The van der Waals surface area contributed by atoms with Gasteiger partial charge < -0.3 is 10.4 Å². The standard InChI is InChI=1S/C37H37Cl2N3O2/c1-35(2)18-20-36(21-19-35)37(28-16-17-30(39)40-33(28)41-34(37)44)29(26-14-9-15-27(38)22-26)23-42(36)31(24-10-5-3-6-11-24)32(43)25-12-7-4-8-13-25/h3-17,22,29,31-32,43H,18-21,23H2,1-2H3,(H,40,41,44)/t29-,31-,32?,37-/m1/s1. The molecule has 7 rings (SSSR count). The first-order chi connectivity index (χ1) is 21.2. The molecule has 2 spiro atoms. The van der Waals surface area contributed by atoms with Gasteiger partial charge in [-0.1, -0.05) is 116 Å². The molecule has 1 amide bonds. The molecule has 7 heteroatoms. The first-order valence-electron chi connectivity index (χ1n) is 15.4. The molecular formula is C37H37Cl2N3O2. The van der Waals surface area contributed by atoms with Crippen LogP contribution in [0.3, 0.4) is 0 Å². The molecule has 4 aromatic rings. The Kier molecular flexibility index (Phi) is 7.37. The summed E-state index contributed by atoms with van der Waals surface area (Å²) < 4.78 is 0. The van der Waals surface area contributed by atoms with Crippen molar-refractivity contribution in [2.24, 2.45) is 5.41 Å². The van der Waals surface area contributed by atoms with Crippen molar-refractivity contribution in [2.75, 3.05) is 11.9 Å². The van der Waals surface area contributed by atoms with Gasteiger partial charge in [0.05, 0.1) is 12.1 Å². The van der Waals surface area contributed by atoms with Crippen LogP contribution in [0.15, 0.2) is 97.1 Å². The average Bonchev–Trinajstić information content (AvgIpc) is 3.47. The molecule has 2 fully saturated rings. The molecule has 4 atom stereocenters. The number of nitrogens with zero attached hydrogens (tertiary/aromatic N) is 2. The number of hydrogen-bond acceptors (Lipinski definition) is 4. The van der Waals surface area contributed by atoms with E-state index < -0.39 is 23.1 Å². The van der Waals surface area contributed by atoms with E-state index in [0.29, 0.717) is 22.5 Å². The van der Waals surface area contributed by atoms with Gasteiger partial charge in [0.15, 0.2) is 0 Å². The summed E-state index contributed by atoms with van der Waals surface area (Å²) in [6.07, 6.45) is 2.64. The van der Waals surface area contributed by atoms with E-state index in [1.165, 1.54) is 0 Å². The number of aliphatic hydroxyl groups is 1. The van der Waals surface area contributed by atoms with Crippen LogP contribution in [-0.4, -0.2) is 33.0 Å². The van der Waals surface area contributed by atoms with Crippen LogP contribution >= 0.6 is 23.2 Å². The molecule has 3 heterocycles. The van der Waals surface area contributed by atoms with Crippen molar-refractivity contribution in [1.82, 2.24) is 9.88 Å². The Hall–Kier alpha value is -3.22. The van der Waals surface area contributed by atoms with E-state index in [2.05, 4.69) is 47.2 Å². The summed E-state index contributed by atoms with van der Waals surface area (Å²) >= 11 is 13.0. The Morgan fingerprint density at radius 2 is 1.52 bits per heavy atom. The Balaban J connectivity index is 1.52. The van der Waals surface area contributed by atoms with Crippen molar-refractivity contribution in [2.45, 2.75) is 68.5 Å². The van der Waals surface area contributed by atoms with Crippen LogP contribution in [0.1, 0.15) is 79.8 Å². The maximum Gasteiger partial charge on any atom is 0.238 e. The number of halogens is 2. The molecule has 44 heavy (non-hydrogen) atoms. The van der Waals surface area contributed by atoms with Gasteiger partial charge in [-0.25, -0.2) is 4.98 Å². The third kappa shape index (κ3) is 4.51. The molecule has 2 N–H and O–H groups in total. The Morgan fingerprint density at radius 1 is 0.864 bits per heavy atom. The van der Waals surface area contributed by atoms with Gasteiger partial charge in [-0.3, -0.25) is 9.69 Å². The highest BCUT2D eigenvalue weighted by molar-refractivity contribution is 6.30. The predicted octanol–water partition coefficient (Wildman–Crippen LogP) is 8.49. The monoisotopic (exact) mass is 625 g/mol. The summed E-state index contributed by atoms with van der Waals surface area (Å²) in [5.74, 6) is 0.219. The third-order valence-electron chi connectivity index (χ3n) is 10.7. The summed E-state index contributed by atoms with van der Waals surface area (Å²) in [5, 5.41) is 16.5. The van der Waals surface area contributed by atoms with E-state index in [0.717, 1.165) is 47.9 Å². The van der Waals surface area contributed by atoms with Gasteiger partial charge in [0.25, 0.3) is 0 Å². The highest BCUT2D eigenvalue weighted by atomic mass is 35.5. The number of nitrogens with one attached hydrogen (secondary N) is 1. The molecule has 5 nitrogen and oxygen atoms in total. The Bertz CT molecular complexity index is 1690. The van der Waals surface area contributed by atoms with E-state index >= 15 is 0 Å². The van der Waals surface area contributed by atoms with Gasteiger partial charge in [-0.05, 0) is 66.0 Å². The van der Waals surface area contributed by atoms with Gasteiger partial charge in [-0.15, -0.1) is 0 Å². The summed E-state index contributed by atoms with van der Waals surface area (Å²) in [5.41, 5.74) is 2.26. The van der Waals surface area contributed by atoms with Crippen LogP contribution in [0.5, 0.6) is 0 Å². The maximum atomic E-state index is 14.9. The number of likely N-dealkylation sites (tertiary alicyclic amines) is 1.